The van der Waals surface area contributed by atoms with Crippen LogP contribution >= 0.6 is 11.3 Å². The number of rotatable bonds is 7. The molecule has 3 atom stereocenters. The molecule has 9 nitrogen and oxygen atoms in total. The maximum atomic E-state index is 12.8. The number of carbonyl (C=O) groups is 1. The Morgan fingerprint density at radius 3 is 2.84 bits per heavy atom. The zero-order valence-electron chi connectivity index (χ0n) is 21.1. The van der Waals surface area contributed by atoms with Crippen LogP contribution in [0.15, 0.2) is 30.6 Å². The van der Waals surface area contributed by atoms with Gasteiger partial charge < -0.3 is 20.5 Å². The molecule has 0 spiro atoms. The predicted octanol–water partition coefficient (Wildman–Crippen LogP) is 3.19. The maximum absolute atomic E-state index is 12.8. The molecule has 3 N–H and O–H groups in total. The summed E-state index contributed by atoms with van der Waals surface area (Å²) in [7, 11) is 0. The van der Waals surface area contributed by atoms with Gasteiger partial charge in [0, 0.05) is 55.6 Å². The lowest BCUT2D eigenvalue weighted by atomic mass is 9.78. The van der Waals surface area contributed by atoms with Crippen molar-refractivity contribution in [1.29, 1.82) is 0 Å². The van der Waals surface area contributed by atoms with Crippen molar-refractivity contribution in [2.24, 2.45) is 5.92 Å². The first-order chi connectivity index (χ1) is 18.0. The fourth-order valence-corrected chi connectivity index (χ4v) is 6.61. The average Bonchev–Trinajstić information content (AvgIpc) is 3.47. The van der Waals surface area contributed by atoms with Crippen molar-refractivity contribution in [3.05, 3.63) is 36.4 Å². The van der Waals surface area contributed by atoms with E-state index in [2.05, 4.69) is 43.5 Å². The molecule has 10 heteroatoms. The number of piperazine rings is 1. The highest BCUT2D eigenvalue weighted by Crippen LogP contribution is 2.36. The van der Waals surface area contributed by atoms with E-state index in [9.17, 15) is 9.90 Å². The summed E-state index contributed by atoms with van der Waals surface area (Å²) in [4.78, 5) is 28.9. The molecule has 3 aromatic rings. The smallest absolute Gasteiger partial charge is 0.229 e. The SMILES string of the molecule is CC1CNCCN1C1CC(C(=O)Nc2nc3ccc(-c4cnc(CO[C@H]5CCC[C@@H]5O)nc4)cc3s2)C1. The lowest BCUT2D eigenvalue weighted by Gasteiger charge is -2.47. The topological polar surface area (TPSA) is 113 Å². The van der Waals surface area contributed by atoms with Crippen molar-refractivity contribution in [1.82, 2.24) is 25.2 Å². The van der Waals surface area contributed by atoms with E-state index < -0.39 is 0 Å². The van der Waals surface area contributed by atoms with Crippen LogP contribution in [0.25, 0.3) is 21.3 Å². The molecule has 3 aliphatic rings. The quantitative estimate of drug-likeness (QED) is 0.434. The highest BCUT2D eigenvalue weighted by molar-refractivity contribution is 7.22. The molecule has 2 aromatic heterocycles. The molecule has 1 saturated heterocycles. The van der Waals surface area contributed by atoms with E-state index in [4.69, 9.17) is 4.74 Å². The van der Waals surface area contributed by atoms with Crippen LogP contribution < -0.4 is 10.6 Å². The van der Waals surface area contributed by atoms with Crippen LogP contribution in [0, 0.1) is 5.92 Å². The first-order valence-electron chi connectivity index (χ1n) is 13.3. The number of thiazole rings is 1. The Morgan fingerprint density at radius 1 is 1.24 bits per heavy atom. The van der Waals surface area contributed by atoms with E-state index in [1.807, 2.05) is 12.1 Å². The van der Waals surface area contributed by atoms with Crippen molar-refractivity contribution >= 4 is 32.6 Å². The van der Waals surface area contributed by atoms with Crippen LogP contribution in [0.4, 0.5) is 5.13 Å². The molecule has 1 amide bonds. The second-order valence-corrected chi connectivity index (χ2v) is 11.6. The van der Waals surface area contributed by atoms with Crippen LogP contribution in [0.2, 0.25) is 0 Å². The van der Waals surface area contributed by atoms with Crippen molar-refractivity contribution in [2.75, 3.05) is 25.0 Å². The standard InChI is InChI=1S/C27H34N6O3S/c1-16-12-28-7-8-33(16)20-9-18(10-20)26(35)32-27-31-21-6-5-17(11-24(21)37-27)19-13-29-25(30-14-19)15-36-23-4-2-3-22(23)34/h5-6,11,13-14,16,18,20,22-23,28,34H,2-4,7-10,12,15H2,1H3,(H,31,32,35)/t16?,18?,20?,22-,23-/m0/s1. The highest BCUT2D eigenvalue weighted by atomic mass is 32.1. The number of aliphatic hydroxyl groups is 1. The number of ether oxygens (including phenoxy) is 1. The van der Waals surface area contributed by atoms with Gasteiger partial charge in [0.2, 0.25) is 5.91 Å². The highest BCUT2D eigenvalue weighted by Gasteiger charge is 2.40. The number of fused-ring (bicyclic) bond motifs is 1. The number of carbonyl (C=O) groups excluding carboxylic acids is 1. The summed E-state index contributed by atoms with van der Waals surface area (Å²) in [6.07, 6.45) is 7.62. The fourth-order valence-electron chi connectivity index (χ4n) is 5.70. The number of aliphatic hydroxyl groups excluding tert-OH is 1. The monoisotopic (exact) mass is 522 g/mol. The van der Waals surface area contributed by atoms with Crippen molar-refractivity contribution in [3.8, 4) is 11.1 Å². The summed E-state index contributed by atoms with van der Waals surface area (Å²) in [5, 5.41) is 17.0. The number of amides is 1. The minimum atomic E-state index is -0.383. The van der Waals surface area contributed by atoms with Gasteiger partial charge in [-0.25, -0.2) is 15.0 Å². The zero-order chi connectivity index (χ0) is 25.4. The molecule has 196 valence electrons. The molecular formula is C27H34N6O3S. The van der Waals surface area contributed by atoms with Crippen LogP contribution in [0.1, 0.15) is 44.9 Å². The van der Waals surface area contributed by atoms with E-state index in [0.29, 0.717) is 29.6 Å². The molecule has 3 heterocycles. The Morgan fingerprint density at radius 2 is 2.08 bits per heavy atom. The number of benzene rings is 1. The Hall–Kier alpha value is -2.50. The van der Waals surface area contributed by atoms with E-state index in [1.54, 1.807) is 12.4 Å². The minimum absolute atomic E-state index is 0.0613. The minimum Gasteiger partial charge on any atom is -0.390 e. The van der Waals surface area contributed by atoms with Gasteiger partial charge in [0.1, 0.15) is 6.61 Å². The summed E-state index contributed by atoms with van der Waals surface area (Å²) in [6, 6.07) is 7.09. The summed E-state index contributed by atoms with van der Waals surface area (Å²) in [6.45, 7) is 5.67. The predicted molar refractivity (Wildman–Crippen MR) is 143 cm³/mol. The van der Waals surface area contributed by atoms with Gasteiger partial charge in [-0.1, -0.05) is 17.4 Å². The molecule has 2 saturated carbocycles. The molecule has 6 rings (SSSR count). The summed E-state index contributed by atoms with van der Waals surface area (Å²) in [5.41, 5.74) is 2.78. The molecule has 2 aliphatic carbocycles. The van der Waals surface area contributed by atoms with Gasteiger partial charge in [0.05, 0.1) is 22.4 Å². The van der Waals surface area contributed by atoms with E-state index >= 15 is 0 Å². The summed E-state index contributed by atoms with van der Waals surface area (Å²) >= 11 is 1.49. The van der Waals surface area contributed by atoms with E-state index in [1.165, 1.54) is 11.3 Å². The lowest BCUT2D eigenvalue weighted by molar-refractivity contribution is -0.125. The number of nitrogens with one attached hydrogen (secondary N) is 2. The van der Waals surface area contributed by atoms with Gasteiger partial charge in [0.25, 0.3) is 0 Å². The third-order valence-electron chi connectivity index (χ3n) is 8.01. The molecule has 3 fully saturated rings. The Bertz CT molecular complexity index is 1240. The molecule has 1 aliphatic heterocycles. The second kappa shape index (κ2) is 10.7. The normalized spacial score (nSPS) is 28.3. The zero-order valence-corrected chi connectivity index (χ0v) is 21.9. The average molecular weight is 523 g/mol. The van der Waals surface area contributed by atoms with Gasteiger partial charge in [-0.2, -0.15) is 0 Å². The van der Waals surface area contributed by atoms with E-state index in [0.717, 1.165) is 73.1 Å². The van der Waals surface area contributed by atoms with Crippen LogP contribution in [0.3, 0.4) is 0 Å². The summed E-state index contributed by atoms with van der Waals surface area (Å²) < 4.78 is 6.80. The third-order valence-corrected chi connectivity index (χ3v) is 8.94. The van der Waals surface area contributed by atoms with Crippen LogP contribution in [-0.2, 0) is 16.1 Å². The van der Waals surface area contributed by atoms with Gasteiger partial charge in [-0.05, 0) is 56.7 Å². The molecule has 1 aromatic carbocycles. The van der Waals surface area contributed by atoms with Gasteiger partial charge >= 0.3 is 0 Å². The van der Waals surface area contributed by atoms with Gasteiger partial charge in [-0.15, -0.1) is 0 Å². The number of aromatic nitrogens is 3. The number of hydrogen-bond acceptors (Lipinski definition) is 9. The second-order valence-electron chi connectivity index (χ2n) is 10.5. The number of nitrogens with zero attached hydrogens (tertiary/aromatic N) is 4. The molecule has 37 heavy (non-hydrogen) atoms. The first-order valence-corrected chi connectivity index (χ1v) is 14.1. The van der Waals surface area contributed by atoms with Crippen LogP contribution in [0.5, 0.6) is 0 Å². The van der Waals surface area contributed by atoms with Crippen molar-refractivity contribution < 1.29 is 14.6 Å². The molecule has 1 unspecified atom stereocenters. The van der Waals surface area contributed by atoms with Crippen LogP contribution in [-0.4, -0.2) is 74.8 Å². The van der Waals surface area contributed by atoms with Gasteiger partial charge in [-0.3, -0.25) is 9.69 Å². The lowest BCUT2D eigenvalue weighted by Crippen LogP contribution is -2.58. The number of hydrogen-bond donors (Lipinski definition) is 3. The third kappa shape index (κ3) is 5.39. The Kier molecular flexibility index (Phi) is 7.18. The number of anilines is 1. The maximum Gasteiger partial charge on any atom is 0.229 e. The Balaban J connectivity index is 1.05. The first kappa shape index (κ1) is 24.8. The Labute approximate surface area is 220 Å². The van der Waals surface area contributed by atoms with E-state index in [-0.39, 0.29) is 24.0 Å². The summed E-state index contributed by atoms with van der Waals surface area (Å²) in [5.74, 6) is 0.747. The fraction of sp³-hybridized carbons (Fsp3) is 0.556. The van der Waals surface area contributed by atoms with Gasteiger partial charge in [0.15, 0.2) is 11.0 Å². The largest absolute Gasteiger partial charge is 0.390 e. The molecular weight excluding hydrogens is 488 g/mol. The molecule has 0 radical (unpaired) electrons. The molecule has 0 bridgehead atoms. The van der Waals surface area contributed by atoms with Crippen molar-refractivity contribution in [3.63, 3.8) is 0 Å². The van der Waals surface area contributed by atoms with Crippen molar-refractivity contribution in [2.45, 2.75) is 69.9 Å².